The minimum absolute atomic E-state index is 0.354. The quantitative estimate of drug-likeness (QED) is 0.880. The third kappa shape index (κ3) is 2.78. The Bertz CT molecular complexity index is 586. The summed E-state index contributed by atoms with van der Waals surface area (Å²) in [4.78, 5) is 0. The monoisotopic (exact) mass is 265 g/mol. The van der Waals surface area contributed by atoms with Crippen molar-refractivity contribution in [1.82, 2.24) is 5.32 Å². The van der Waals surface area contributed by atoms with Gasteiger partial charge in [0, 0.05) is 6.54 Å². The minimum atomic E-state index is 0.354. The van der Waals surface area contributed by atoms with E-state index < -0.39 is 0 Å². The van der Waals surface area contributed by atoms with Crippen molar-refractivity contribution in [2.45, 2.75) is 32.7 Å². The van der Waals surface area contributed by atoms with Crippen molar-refractivity contribution >= 4 is 0 Å². The number of benzene rings is 2. The summed E-state index contributed by atoms with van der Waals surface area (Å²) < 4.78 is 0. The molecule has 3 rings (SSSR count). The summed E-state index contributed by atoms with van der Waals surface area (Å²) in [6.45, 7) is 5.62. The van der Waals surface area contributed by atoms with Crippen LogP contribution >= 0.6 is 0 Å². The number of hydrogen-bond acceptors (Lipinski definition) is 1. The van der Waals surface area contributed by atoms with Crippen LogP contribution in [0.1, 0.15) is 42.1 Å². The van der Waals surface area contributed by atoms with Crippen molar-refractivity contribution in [2.75, 3.05) is 6.54 Å². The standard InChI is InChI=1S/C19H23N/c1-14(2)12-15-6-5-8-17(13-15)19-18-9-4-3-7-16(18)10-11-20-19/h3-9,13-14,19-20H,10-12H2,1-2H3. The van der Waals surface area contributed by atoms with Gasteiger partial charge in [0.1, 0.15) is 0 Å². The third-order valence-corrected chi connectivity index (χ3v) is 4.04. The molecule has 0 amide bonds. The predicted molar refractivity (Wildman–Crippen MR) is 85.0 cm³/mol. The Morgan fingerprint density at radius 1 is 1.10 bits per heavy atom. The highest BCUT2D eigenvalue weighted by Crippen LogP contribution is 2.29. The summed E-state index contributed by atoms with van der Waals surface area (Å²) in [6.07, 6.45) is 2.29. The molecule has 1 nitrogen and oxygen atoms in total. The Kier molecular flexibility index (Phi) is 3.88. The first-order chi connectivity index (χ1) is 9.74. The first-order valence-corrected chi connectivity index (χ1v) is 7.64. The smallest absolute Gasteiger partial charge is 0.0579 e. The van der Waals surface area contributed by atoms with Crippen LogP contribution in [0.15, 0.2) is 48.5 Å². The zero-order valence-corrected chi connectivity index (χ0v) is 12.4. The molecule has 2 aromatic rings. The topological polar surface area (TPSA) is 12.0 Å². The van der Waals surface area contributed by atoms with E-state index in [-0.39, 0.29) is 0 Å². The highest BCUT2D eigenvalue weighted by atomic mass is 14.9. The van der Waals surface area contributed by atoms with E-state index in [1.807, 2.05) is 0 Å². The molecule has 1 aliphatic rings. The van der Waals surface area contributed by atoms with Gasteiger partial charge in [0.05, 0.1) is 6.04 Å². The Hall–Kier alpha value is -1.60. The van der Waals surface area contributed by atoms with Crippen LogP contribution < -0.4 is 5.32 Å². The summed E-state index contributed by atoms with van der Waals surface area (Å²) in [5, 5.41) is 3.67. The van der Waals surface area contributed by atoms with Crippen molar-refractivity contribution in [3.05, 3.63) is 70.8 Å². The maximum Gasteiger partial charge on any atom is 0.0579 e. The van der Waals surface area contributed by atoms with Gasteiger partial charge in [0.2, 0.25) is 0 Å². The average molecular weight is 265 g/mol. The van der Waals surface area contributed by atoms with E-state index >= 15 is 0 Å². The molecule has 0 radical (unpaired) electrons. The van der Waals surface area contributed by atoms with E-state index in [9.17, 15) is 0 Å². The fourth-order valence-corrected chi connectivity index (χ4v) is 3.17. The lowest BCUT2D eigenvalue weighted by Crippen LogP contribution is -2.30. The van der Waals surface area contributed by atoms with Gasteiger partial charge in [-0.1, -0.05) is 62.4 Å². The average Bonchev–Trinajstić information content (AvgIpc) is 2.46. The molecule has 104 valence electrons. The molecule has 1 aliphatic heterocycles. The molecule has 0 saturated heterocycles. The summed E-state index contributed by atoms with van der Waals surface area (Å²) in [5.74, 6) is 0.705. The van der Waals surface area contributed by atoms with Crippen LogP contribution in [0.4, 0.5) is 0 Å². The molecule has 0 bridgehead atoms. The predicted octanol–water partition coefficient (Wildman–Crippen LogP) is 4.12. The Labute approximate surface area is 122 Å². The van der Waals surface area contributed by atoms with Gasteiger partial charge in [-0.2, -0.15) is 0 Å². The number of nitrogens with one attached hydrogen (secondary N) is 1. The van der Waals surface area contributed by atoms with E-state index in [0.717, 1.165) is 19.4 Å². The van der Waals surface area contributed by atoms with Gasteiger partial charge < -0.3 is 5.32 Å². The second-order valence-corrected chi connectivity index (χ2v) is 6.18. The van der Waals surface area contributed by atoms with Crippen LogP contribution in [0.3, 0.4) is 0 Å². The van der Waals surface area contributed by atoms with Gasteiger partial charge in [0.15, 0.2) is 0 Å². The first kappa shape index (κ1) is 13.4. The molecule has 1 N–H and O–H groups in total. The van der Waals surface area contributed by atoms with Gasteiger partial charge in [0.25, 0.3) is 0 Å². The van der Waals surface area contributed by atoms with Crippen LogP contribution in [-0.4, -0.2) is 6.54 Å². The third-order valence-electron chi connectivity index (χ3n) is 4.04. The fraction of sp³-hybridized carbons (Fsp3) is 0.368. The van der Waals surface area contributed by atoms with Crippen LogP contribution in [0, 0.1) is 5.92 Å². The largest absolute Gasteiger partial charge is 0.306 e. The van der Waals surface area contributed by atoms with Crippen molar-refractivity contribution < 1.29 is 0 Å². The highest BCUT2D eigenvalue weighted by molar-refractivity contribution is 5.40. The summed E-state index contributed by atoms with van der Waals surface area (Å²) in [7, 11) is 0. The summed E-state index contributed by atoms with van der Waals surface area (Å²) >= 11 is 0. The molecule has 0 saturated carbocycles. The number of fused-ring (bicyclic) bond motifs is 1. The first-order valence-electron chi connectivity index (χ1n) is 7.64. The molecule has 0 fully saturated rings. The molecular weight excluding hydrogens is 242 g/mol. The molecule has 1 heterocycles. The Morgan fingerprint density at radius 2 is 1.95 bits per heavy atom. The minimum Gasteiger partial charge on any atom is -0.306 e. The van der Waals surface area contributed by atoms with Crippen molar-refractivity contribution in [1.29, 1.82) is 0 Å². The van der Waals surface area contributed by atoms with Crippen molar-refractivity contribution in [3.63, 3.8) is 0 Å². The highest BCUT2D eigenvalue weighted by Gasteiger charge is 2.20. The molecule has 0 aliphatic carbocycles. The SMILES string of the molecule is CC(C)Cc1cccc(C2NCCc3ccccc32)c1. The summed E-state index contributed by atoms with van der Waals surface area (Å²) in [6, 6.07) is 18.3. The molecule has 20 heavy (non-hydrogen) atoms. The molecule has 1 unspecified atom stereocenters. The lowest BCUT2D eigenvalue weighted by Gasteiger charge is -2.27. The summed E-state index contributed by atoms with van der Waals surface area (Å²) in [5.41, 5.74) is 5.78. The van der Waals surface area contributed by atoms with E-state index in [1.165, 1.54) is 22.3 Å². The van der Waals surface area contributed by atoms with E-state index in [4.69, 9.17) is 0 Å². The van der Waals surface area contributed by atoms with E-state index in [0.29, 0.717) is 12.0 Å². The van der Waals surface area contributed by atoms with Crippen LogP contribution in [0.2, 0.25) is 0 Å². The molecule has 1 heteroatoms. The molecule has 1 atom stereocenters. The zero-order chi connectivity index (χ0) is 13.9. The Balaban J connectivity index is 1.94. The number of rotatable bonds is 3. The van der Waals surface area contributed by atoms with Gasteiger partial charge >= 0.3 is 0 Å². The second kappa shape index (κ2) is 5.80. The zero-order valence-electron chi connectivity index (χ0n) is 12.4. The number of hydrogen-bond donors (Lipinski definition) is 1. The molecule has 0 aromatic heterocycles. The van der Waals surface area contributed by atoms with Gasteiger partial charge in [-0.3, -0.25) is 0 Å². The van der Waals surface area contributed by atoms with Crippen LogP contribution in [0.25, 0.3) is 0 Å². The normalized spacial score (nSPS) is 18.1. The van der Waals surface area contributed by atoms with E-state index in [1.54, 1.807) is 0 Å². The molecular formula is C19H23N. The van der Waals surface area contributed by atoms with Crippen molar-refractivity contribution in [2.24, 2.45) is 5.92 Å². The molecule has 0 spiro atoms. The van der Waals surface area contributed by atoms with Crippen LogP contribution in [0.5, 0.6) is 0 Å². The van der Waals surface area contributed by atoms with Gasteiger partial charge in [-0.25, -0.2) is 0 Å². The van der Waals surface area contributed by atoms with Crippen molar-refractivity contribution in [3.8, 4) is 0 Å². The van der Waals surface area contributed by atoms with Gasteiger partial charge in [-0.05, 0) is 41.0 Å². The second-order valence-electron chi connectivity index (χ2n) is 6.18. The Morgan fingerprint density at radius 3 is 2.80 bits per heavy atom. The maximum atomic E-state index is 3.67. The van der Waals surface area contributed by atoms with Gasteiger partial charge in [-0.15, -0.1) is 0 Å². The van der Waals surface area contributed by atoms with Crippen LogP contribution in [-0.2, 0) is 12.8 Å². The maximum absolute atomic E-state index is 3.67. The van der Waals surface area contributed by atoms with E-state index in [2.05, 4.69) is 67.7 Å². The lowest BCUT2D eigenvalue weighted by molar-refractivity contribution is 0.566. The molecule has 2 aromatic carbocycles. The fourth-order valence-electron chi connectivity index (χ4n) is 3.17. The lowest BCUT2D eigenvalue weighted by atomic mass is 9.88.